The molecule has 0 atom stereocenters. The van der Waals surface area contributed by atoms with E-state index in [0.29, 0.717) is 26.3 Å². The molecule has 1 heterocycles. The SMILES string of the molecule is O=c1c2ccccc2[nH]c2ccc(Cl)c(Cl)c12. The van der Waals surface area contributed by atoms with Gasteiger partial charge in [0.15, 0.2) is 5.43 Å². The van der Waals surface area contributed by atoms with E-state index < -0.39 is 0 Å². The number of halogens is 2. The summed E-state index contributed by atoms with van der Waals surface area (Å²) in [6.07, 6.45) is 0. The lowest BCUT2D eigenvalue weighted by molar-refractivity contribution is 1.48. The molecular weight excluding hydrogens is 257 g/mol. The summed E-state index contributed by atoms with van der Waals surface area (Å²) in [5.74, 6) is 0. The first-order chi connectivity index (χ1) is 8.18. The Bertz CT molecular complexity index is 792. The van der Waals surface area contributed by atoms with E-state index in [0.717, 1.165) is 5.52 Å². The molecule has 0 aliphatic carbocycles. The summed E-state index contributed by atoms with van der Waals surface area (Å²) in [5.41, 5.74) is 1.40. The molecule has 17 heavy (non-hydrogen) atoms. The minimum absolute atomic E-state index is 0.0955. The lowest BCUT2D eigenvalue weighted by Gasteiger charge is -2.04. The maximum Gasteiger partial charge on any atom is 0.198 e. The highest BCUT2D eigenvalue weighted by Crippen LogP contribution is 2.28. The lowest BCUT2D eigenvalue weighted by Crippen LogP contribution is -2.04. The molecule has 0 spiro atoms. The molecule has 0 aliphatic rings. The average Bonchev–Trinajstić information content (AvgIpc) is 2.34. The highest BCUT2D eigenvalue weighted by atomic mass is 35.5. The minimum atomic E-state index is -0.0955. The Hall–Kier alpha value is -1.51. The van der Waals surface area contributed by atoms with E-state index in [1.165, 1.54) is 0 Å². The van der Waals surface area contributed by atoms with Gasteiger partial charge in [0.25, 0.3) is 0 Å². The second kappa shape index (κ2) is 3.76. The second-order valence-electron chi connectivity index (χ2n) is 3.78. The predicted octanol–water partition coefficient (Wildman–Crippen LogP) is 3.99. The summed E-state index contributed by atoms with van der Waals surface area (Å²) in [7, 11) is 0. The van der Waals surface area contributed by atoms with E-state index in [1.54, 1.807) is 18.2 Å². The van der Waals surface area contributed by atoms with Crippen LogP contribution in [0, 0.1) is 0 Å². The second-order valence-corrected chi connectivity index (χ2v) is 4.57. The van der Waals surface area contributed by atoms with Crippen molar-refractivity contribution in [1.82, 2.24) is 4.98 Å². The Balaban J connectivity index is 2.66. The Morgan fingerprint density at radius 3 is 2.53 bits per heavy atom. The topological polar surface area (TPSA) is 32.9 Å². The van der Waals surface area contributed by atoms with Gasteiger partial charge in [0.1, 0.15) is 0 Å². The number of aromatic nitrogens is 1. The van der Waals surface area contributed by atoms with Crippen LogP contribution < -0.4 is 5.43 Å². The largest absolute Gasteiger partial charge is 0.354 e. The van der Waals surface area contributed by atoms with Crippen molar-refractivity contribution in [3.8, 4) is 0 Å². The van der Waals surface area contributed by atoms with Crippen LogP contribution in [0.4, 0.5) is 0 Å². The van der Waals surface area contributed by atoms with Crippen LogP contribution in [0.1, 0.15) is 0 Å². The molecule has 0 radical (unpaired) electrons. The van der Waals surface area contributed by atoms with Crippen molar-refractivity contribution in [3.63, 3.8) is 0 Å². The number of pyridine rings is 1. The fourth-order valence-electron chi connectivity index (χ4n) is 1.95. The molecular formula is C13H7Cl2NO. The normalized spacial score (nSPS) is 11.2. The molecule has 1 N–H and O–H groups in total. The van der Waals surface area contributed by atoms with Gasteiger partial charge < -0.3 is 4.98 Å². The number of aromatic amines is 1. The van der Waals surface area contributed by atoms with Crippen LogP contribution in [0.25, 0.3) is 21.8 Å². The number of H-pyrrole nitrogens is 1. The first-order valence-electron chi connectivity index (χ1n) is 5.07. The van der Waals surface area contributed by atoms with Crippen LogP contribution >= 0.6 is 23.2 Å². The van der Waals surface area contributed by atoms with Gasteiger partial charge >= 0.3 is 0 Å². The summed E-state index contributed by atoms with van der Waals surface area (Å²) in [6, 6.07) is 10.8. The summed E-state index contributed by atoms with van der Waals surface area (Å²) in [6.45, 7) is 0. The molecule has 0 saturated carbocycles. The minimum Gasteiger partial charge on any atom is -0.354 e. The molecule has 1 aromatic heterocycles. The van der Waals surface area contributed by atoms with Gasteiger partial charge in [-0.2, -0.15) is 0 Å². The molecule has 84 valence electrons. The smallest absolute Gasteiger partial charge is 0.198 e. The van der Waals surface area contributed by atoms with Gasteiger partial charge in [-0.1, -0.05) is 35.3 Å². The molecule has 0 aliphatic heterocycles. The van der Waals surface area contributed by atoms with Gasteiger partial charge in [-0.15, -0.1) is 0 Å². The third-order valence-electron chi connectivity index (χ3n) is 2.76. The maximum atomic E-state index is 12.3. The van der Waals surface area contributed by atoms with E-state index in [4.69, 9.17) is 23.2 Å². The predicted molar refractivity (Wildman–Crippen MR) is 72.1 cm³/mol. The summed E-state index contributed by atoms with van der Waals surface area (Å²) < 4.78 is 0. The Kier molecular flexibility index (Phi) is 2.35. The van der Waals surface area contributed by atoms with E-state index in [2.05, 4.69) is 4.98 Å². The number of para-hydroxylation sites is 1. The zero-order valence-electron chi connectivity index (χ0n) is 8.63. The van der Waals surface area contributed by atoms with Crippen LogP contribution in [0.3, 0.4) is 0 Å². The maximum absolute atomic E-state index is 12.3. The van der Waals surface area contributed by atoms with Gasteiger partial charge in [-0.05, 0) is 24.3 Å². The molecule has 3 aromatic rings. The van der Waals surface area contributed by atoms with Gasteiger partial charge in [-0.3, -0.25) is 4.79 Å². The third kappa shape index (κ3) is 1.53. The molecule has 4 heteroatoms. The number of benzene rings is 2. The summed E-state index contributed by atoms with van der Waals surface area (Å²) >= 11 is 12.0. The van der Waals surface area contributed by atoms with Crippen molar-refractivity contribution < 1.29 is 0 Å². The van der Waals surface area contributed by atoms with Gasteiger partial charge in [0, 0.05) is 10.9 Å². The highest BCUT2D eigenvalue weighted by Gasteiger charge is 2.10. The zero-order valence-corrected chi connectivity index (χ0v) is 10.1. The van der Waals surface area contributed by atoms with E-state index in [9.17, 15) is 4.79 Å². The van der Waals surface area contributed by atoms with Crippen LogP contribution in [-0.4, -0.2) is 4.98 Å². The fourth-order valence-corrected chi connectivity index (χ4v) is 2.35. The molecule has 2 nitrogen and oxygen atoms in total. The van der Waals surface area contributed by atoms with E-state index in [1.807, 2.05) is 18.2 Å². The Morgan fingerprint density at radius 1 is 0.941 bits per heavy atom. The van der Waals surface area contributed by atoms with Crippen molar-refractivity contribution in [2.45, 2.75) is 0 Å². The van der Waals surface area contributed by atoms with E-state index in [-0.39, 0.29) is 5.43 Å². The molecule has 0 saturated heterocycles. The van der Waals surface area contributed by atoms with Crippen molar-refractivity contribution in [1.29, 1.82) is 0 Å². The highest BCUT2D eigenvalue weighted by molar-refractivity contribution is 6.45. The van der Waals surface area contributed by atoms with Crippen LogP contribution in [-0.2, 0) is 0 Å². The number of nitrogens with one attached hydrogen (secondary N) is 1. The third-order valence-corrected chi connectivity index (χ3v) is 3.57. The standard InChI is InChI=1S/C13H7Cl2NO/c14-8-5-6-10-11(12(8)15)13(17)7-3-1-2-4-9(7)16-10/h1-6H,(H,16,17). The van der Waals surface area contributed by atoms with Crippen LogP contribution in [0.5, 0.6) is 0 Å². The number of hydrogen-bond donors (Lipinski definition) is 1. The Labute approximate surface area is 107 Å². The first kappa shape index (κ1) is 10.6. The van der Waals surface area contributed by atoms with Crippen LogP contribution in [0.2, 0.25) is 10.0 Å². The molecule has 0 fully saturated rings. The number of fused-ring (bicyclic) bond motifs is 2. The summed E-state index contributed by atoms with van der Waals surface area (Å²) in [4.78, 5) is 15.5. The van der Waals surface area contributed by atoms with Gasteiger partial charge in [0.2, 0.25) is 0 Å². The molecule has 3 rings (SSSR count). The average molecular weight is 264 g/mol. The van der Waals surface area contributed by atoms with E-state index >= 15 is 0 Å². The van der Waals surface area contributed by atoms with Crippen molar-refractivity contribution in [2.75, 3.05) is 0 Å². The van der Waals surface area contributed by atoms with Gasteiger partial charge in [0.05, 0.1) is 20.9 Å². The zero-order chi connectivity index (χ0) is 12.0. The first-order valence-corrected chi connectivity index (χ1v) is 5.83. The molecule has 0 bridgehead atoms. The summed E-state index contributed by atoms with van der Waals surface area (Å²) in [5, 5.41) is 1.75. The van der Waals surface area contributed by atoms with Crippen molar-refractivity contribution in [2.24, 2.45) is 0 Å². The number of rotatable bonds is 0. The van der Waals surface area contributed by atoms with Gasteiger partial charge in [-0.25, -0.2) is 0 Å². The van der Waals surface area contributed by atoms with Crippen molar-refractivity contribution in [3.05, 3.63) is 56.7 Å². The Morgan fingerprint density at radius 2 is 1.71 bits per heavy atom. The quantitative estimate of drug-likeness (QED) is 0.612. The van der Waals surface area contributed by atoms with Crippen LogP contribution in [0.15, 0.2) is 41.2 Å². The fraction of sp³-hybridized carbons (Fsp3) is 0. The lowest BCUT2D eigenvalue weighted by atomic mass is 10.1. The van der Waals surface area contributed by atoms with Crippen molar-refractivity contribution >= 4 is 45.0 Å². The molecule has 2 aromatic carbocycles. The number of hydrogen-bond acceptors (Lipinski definition) is 1. The molecule has 0 amide bonds. The molecule has 0 unspecified atom stereocenters. The monoisotopic (exact) mass is 263 g/mol.